The van der Waals surface area contributed by atoms with Gasteiger partial charge in [-0.2, -0.15) is 0 Å². The smallest absolute Gasteiger partial charge is 0.364 e. The first-order valence-electron chi connectivity index (χ1n) is 8.81. The van der Waals surface area contributed by atoms with Crippen LogP contribution in [0.2, 0.25) is 0 Å². The van der Waals surface area contributed by atoms with Crippen LogP contribution in [0.15, 0.2) is 30.3 Å². The fraction of sp³-hybridized carbons (Fsp3) is 0.550. The van der Waals surface area contributed by atoms with E-state index < -0.39 is 11.6 Å². The first-order chi connectivity index (χ1) is 11.6. The summed E-state index contributed by atoms with van der Waals surface area (Å²) in [5, 5.41) is 12.6. The molecule has 0 aliphatic carbocycles. The minimum atomic E-state index is -1.92. The van der Waals surface area contributed by atoms with E-state index in [4.69, 9.17) is 4.84 Å². The van der Waals surface area contributed by atoms with Crippen molar-refractivity contribution < 1.29 is 14.7 Å². The third-order valence-corrected chi connectivity index (χ3v) is 4.37. The molecule has 1 N–H and O–H groups in total. The largest absolute Gasteiger partial charge is 0.374 e. The number of carbonyl (C=O) groups excluding carboxylic acids is 1. The van der Waals surface area contributed by atoms with Gasteiger partial charge in [-0.1, -0.05) is 62.4 Å². The van der Waals surface area contributed by atoms with Gasteiger partial charge in [0.25, 0.3) is 5.60 Å². The van der Waals surface area contributed by atoms with Gasteiger partial charge in [-0.05, 0) is 25.2 Å². The normalized spacial score (nSPS) is 18.3. The Morgan fingerprint density at radius 3 is 2.62 bits per heavy atom. The second kappa shape index (κ2) is 8.86. The predicted molar refractivity (Wildman–Crippen MR) is 93.7 cm³/mol. The highest BCUT2D eigenvalue weighted by molar-refractivity contribution is 5.85. The molecule has 0 aromatic heterocycles. The summed E-state index contributed by atoms with van der Waals surface area (Å²) in [5.41, 5.74) is -1.47. The van der Waals surface area contributed by atoms with Gasteiger partial charge in [-0.3, -0.25) is 0 Å². The number of rotatable bonds is 5. The lowest BCUT2D eigenvalue weighted by Crippen LogP contribution is -2.43. The van der Waals surface area contributed by atoms with Crippen LogP contribution in [0.4, 0.5) is 0 Å². The maximum absolute atomic E-state index is 12.7. The molecule has 2 rings (SSSR count). The van der Waals surface area contributed by atoms with Crippen molar-refractivity contribution in [1.82, 2.24) is 5.06 Å². The number of hydroxylamine groups is 2. The molecule has 130 valence electrons. The van der Waals surface area contributed by atoms with Crippen molar-refractivity contribution in [3.8, 4) is 11.8 Å². The van der Waals surface area contributed by atoms with Gasteiger partial charge in [0.2, 0.25) is 0 Å². The zero-order valence-corrected chi connectivity index (χ0v) is 14.6. The summed E-state index contributed by atoms with van der Waals surface area (Å²) in [6.45, 7) is 5.66. The van der Waals surface area contributed by atoms with Crippen LogP contribution in [-0.2, 0) is 15.2 Å². The third-order valence-electron chi connectivity index (χ3n) is 4.37. The van der Waals surface area contributed by atoms with E-state index in [1.54, 1.807) is 29.3 Å². The molecule has 1 unspecified atom stereocenters. The first kappa shape index (κ1) is 18.5. The lowest BCUT2D eigenvalue weighted by Gasteiger charge is -2.31. The summed E-state index contributed by atoms with van der Waals surface area (Å²) in [6.07, 6.45) is 4.59. The Balaban J connectivity index is 2.15. The molecule has 4 nitrogen and oxygen atoms in total. The van der Waals surface area contributed by atoms with Crippen molar-refractivity contribution in [1.29, 1.82) is 0 Å². The van der Waals surface area contributed by atoms with E-state index in [1.165, 1.54) is 0 Å². The number of piperidine rings is 1. The molecular weight excluding hydrogens is 302 g/mol. The van der Waals surface area contributed by atoms with Crippen molar-refractivity contribution in [2.45, 2.75) is 51.6 Å². The van der Waals surface area contributed by atoms with Crippen LogP contribution >= 0.6 is 0 Å². The summed E-state index contributed by atoms with van der Waals surface area (Å²) in [7, 11) is 0. The molecule has 1 aliphatic heterocycles. The van der Waals surface area contributed by atoms with E-state index in [0.29, 0.717) is 31.0 Å². The van der Waals surface area contributed by atoms with E-state index in [0.717, 1.165) is 25.7 Å². The molecule has 1 heterocycles. The van der Waals surface area contributed by atoms with E-state index in [1.807, 2.05) is 6.07 Å². The monoisotopic (exact) mass is 329 g/mol. The van der Waals surface area contributed by atoms with E-state index in [2.05, 4.69) is 25.7 Å². The maximum atomic E-state index is 12.7. The van der Waals surface area contributed by atoms with E-state index in [9.17, 15) is 9.90 Å². The van der Waals surface area contributed by atoms with Gasteiger partial charge < -0.3 is 9.94 Å². The van der Waals surface area contributed by atoms with Crippen LogP contribution < -0.4 is 0 Å². The zero-order valence-electron chi connectivity index (χ0n) is 14.6. The van der Waals surface area contributed by atoms with Crippen LogP contribution in [0.25, 0.3) is 0 Å². The van der Waals surface area contributed by atoms with Gasteiger partial charge in [0.1, 0.15) is 0 Å². The van der Waals surface area contributed by atoms with Crippen molar-refractivity contribution in [3.63, 3.8) is 0 Å². The molecule has 0 saturated carbocycles. The van der Waals surface area contributed by atoms with Crippen LogP contribution in [0.3, 0.4) is 0 Å². The highest BCUT2D eigenvalue weighted by Gasteiger charge is 2.40. The van der Waals surface area contributed by atoms with Gasteiger partial charge in [0.05, 0.1) is 0 Å². The standard InChI is InChI=1S/C20H27NO3/c1-3-4-5-9-14-20(23,18-10-7-6-8-11-18)19(22)24-21-15-12-17(2)13-16-21/h6-8,10-11,17,23H,3-5,12-13,15-16H2,1-2H3. The Morgan fingerprint density at radius 2 is 2.00 bits per heavy atom. The molecule has 0 spiro atoms. The summed E-state index contributed by atoms with van der Waals surface area (Å²) >= 11 is 0. The Hall–Kier alpha value is -1.83. The highest BCUT2D eigenvalue weighted by Crippen LogP contribution is 2.24. The van der Waals surface area contributed by atoms with Gasteiger partial charge in [-0.25, -0.2) is 4.79 Å². The second-order valence-electron chi connectivity index (χ2n) is 6.47. The minimum absolute atomic E-state index is 0.448. The summed E-state index contributed by atoms with van der Waals surface area (Å²) < 4.78 is 0. The van der Waals surface area contributed by atoms with Crippen molar-refractivity contribution in [2.24, 2.45) is 5.92 Å². The molecule has 0 bridgehead atoms. The van der Waals surface area contributed by atoms with Crippen LogP contribution in [0, 0.1) is 17.8 Å². The molecule has 1 fully saturated rings. The molecule has 1 aliphatic rings. The molecule has 24 heavy (non-hydrogen) atoms. The number of nitrogens with zero attached hydrogens (tertiary/aromatic N) is 1. The number of carbonyl (C=O) groups is 1. The fourth-order valence-corrected chi connectivity index (χ4v) is 2.64. The number of unbranched alkanes of at least 4 members (excludes halogenated alkanes) is 2. The van der Waals surface area contributed by atoms with E-state index >= 15 is 0 Å². The van der Waals surface area contributed by atoms with E-state index in [-0.39, 0.29) is 0 Å². The molecule has 1 aromatic carbocycles. The molecule has 1 aromatic rings. The Morgan fingerprint density at radius 1 is 1.33 bits per heavy atom. The number of benzene rings is 1. The average molecular weight is 329 g/mol. The molecule has 0 amide bonds. The number of hydrogen-bond acceptors (Lipinski definition) is 4. The first-order valence-corrected chi connectivity index (χ1v) is 8.81. The molecule has 1 saturated heterocycles. The summed E-state index contributed by atoms with van der Waals surface area (Å²) in [5.74, 6) is 5.61. The SMILES string of the molecule is CCCCC#CC(O)(C(=O)ON1CCC(C)CC1)c1ccccc1. The van der Waals surface area contributed by atoms with Crippen LogP contribution in [0.1, 0.15) is 51.5 Å². The average Bonchev–Trinajstić information content (AvgIpc) is 2.61. The molecule has 1 atom stereocenters. The molecular formula is C20H27NO3. The number of hydrogen-bond donors (Lipinski definition) is 1. The fourth-order valence-electron chi connectivity index (χ4n) is 2.64. The third kappa shape index (κ3) is 4.83. The van der Waals surface area contributed by atoms with Gasteiger partial charge >= 0.3 is 5.97 Å². The van der Waals surface area contributed by atoms with Crippen molar-refractivity contribution in [3.05, 3.63) is 35.9 Å². The minimum Gasteiger partial charge on any atom is -0.364 e. The Bertz CT molecular complexity index is 582. The topological polar surface area (TPSA) is 49.8 Å². The summed E-state index contributed by atoms with van der Waals surface area (Å²) in [4.78, 5) is 18.1. The van der Waals surface area contributed by atoms with Crippen molar-refractivity contribution in [2.75, 3.05) is 13.1 Å². The number of aliphatic hydroxyl groups is 1. The van der Waals surface area contributed by atoms with Gasteiger partial charge in [0, 0.05) is 25.1 Å². The Kier molecular flexibility index (Phi) is 6.84. The van der Waals surface area contributed by atoms with Crippen molar-refractivity contribution >= 4 is 5.97 Å². The van der Waals surface area contributed by atoms with Gasteiger partial charge in [0.15, 0.2) is 0 Å². The second-order valence-corrected chi connectivity index (χ2v) is 6.47. The highest BCUT2D eigenvalue weighted by atomic mass is 16.7. The van der Waals surface area contributed by atoms with Crippen LogP contribution in [-0.4, -0.2) is 29.2 Å². The summed E-state index contributed by atoms with van der Waals surface area (Å²) in [6, 6.07) is 8.81. The lowest BCUT2D eigenvalue weighted by molar-refractivity contribution is -0.212. The zero-order chi connectivity index (χ0) is 17.4. The molecule has 4 heteroatoms. The maximum Gasteiger partial charge on any atom is 0.374 e. The van der Waals surface area contributed by atoms with Crippen LogP contribution in [0.5, 0.6) is 0 Å². The predicted octanol–water partition coefficient (Wildman–Crippen LogP) is 3.26. The molecule has 0 radical (unpaired) electrons. The van der Waals surface area contributed by atoms with Gasteiger partial charge in [-0.15, -0.1) is 5.06 Å². The quantitative estimate of drug-likeness (QED) is 0.665. The lowest BCUT2D eigenvalue weighted by atomic mass is 9.94. The Labute approximate surface area is 144 Å².